The molecule has 0 aromatic heterocycles. The van der Waals surface area contributed by atoms with E-state index in [1.807, 2.05) is 30.3 Å². The molecule has 0 saturated carbocycles. The number of nitrogens with one attached hydrogen (secondary N) is 1. The van der Waals surface area contributed by atoms with E-state index < -0.39 is 6.04 Å². The predicted molar refractivity (Wildman–Crippen MR) is 100 cm³/mol. The summed E-state index contributed by atoms with van der Waals surface area (Å²) in [6, 6.07) is 14.1. The van der Waals surface area contributed by atoms with E-state index in [0.29, 0.717) is 36.5 Å². The Hall–Kier alpha value is -2.53. The fraction of sp³-hybridized carbons (Fsp3) is 0.300. The van der Waals surface area contributed by atoms with Crippen LogP contribution >= 0.6 is 11.6 Å². The number of ether oxygens (including phenoxy) is 1. The van der Waals surface area contributed by atoms with Gasteiger partial charge >= 0.3 is 0 Å². The lowest BCUT2D eigenvalue weighted by molar-refractivity contribution is -0.143. The van der Waals surface area contributed by atoms with E-state index in [4.69, 9.17) is 16.3 Å². The predicted octanol–water partition coefficient (Wildman–Crippen LogP) is 2.98. The molecule has 1 aliphatic rings. The number of aryl methyl sites for hydroxylation is 1. The number of benzene rings is 2. The molecular formula is C20H21ClN2O3. The summed E-state index contributed by atoms with van der Waals surface area (Å²) in [6.07, 6.45) is 0.852. The van der Waals surface area contributed by atoms with E-state index in [-0.39, 0.29) is 11.8 Å². The zero-order valence-corrected chi connectivity index (χ0v) is 15.3. The van der Waals surface area contributed by atoms with Gasteiger partial charge in [0.05, 0.1) is 7.11 Å². The summed E-state index contributed by atoms with van der Waals surface area (Å²) in [5.74, 6) is 0.491. The summed E-state index contributed by atoms with van der Waals surface area (Å²) in [5, 5.41) is 3.31. The van der Waals surface area contributed by atoms with Crippen molar-refractivity contribution in [3.63, 3.8) is 0 Å². The van der Waals surface area contributed by atoms with E-state index in [9.17, 15) is 9.59 Å². The molecule has 1 heterocycles. The zero-order chi connectivity index (χ0) is 18.5. The van der Waals surface area contributed by atoms with Crippen LogP contribution in [-0.2, 0) is 16.0 Å². The number of carbonyl (C=O) groups is 2. The molecule has 5 nitrogen and oxygen atoms in total. The summed E-state index contributed by atoms with van der Waals surface area (Å²) in [7, 11) is 1.61. The number of nitrogens with zero attached hydrogens (tertiary/aromatic N) is 1. The van der Waals surface area contributed by atoms with E-state index in [1.54, 1.807) is 30.2 Å². The molecule has 0 aliphatic carbocycles. The van der Waals surface area contributed by atoms with Gasteiger partial charge < -0.3 is 15.0 Å². The van der Waals surface area contributed by atoms with Crippen molar-refractivity contribution in [2.75, 3.05) is 20.2 Å². The van der Waals surface area contributed by atoms with Gasteiger partial charge in [-0.05, 0) is 24.1 Å². The number of methoxy groups -OCH3 is 1. The van der Waals surface area contributed by atoms with Gasteiger partial charge in [-0.2, -0.15) is 0 Å². The SMILES string of the molecule is COc1ccccc1CCC(=O)N1CCNC(=O)C1c1ccccc1Cl. The van der Waals surface area contributed by atoms with Gasteiger partial charge in [0.1, 0.15) is 11.8 Å². The molecule has 3 rings (SSSR count). The number of piperazine rings is 1. The number of hydrogen-bond acceptors (Lipinski definition) is 3. The highest BCUT2D eigenvalue weighted by Gasteiger charge is 2.35. The Morgan fingerprint density at radius 3 is 2.73 bits per heavy atom. The number of hydrogen-bond donors (Lipinski definition) is 1. The summed E-state index contributed by atoms with van der Waals surface area (Å²) in [5.41, 5.74) is 1.62. The van der Waals surface area contributed by atoms with Gasteiger partial charge in [-0.15, -0.1) is 0 Å². The van der Waals surface area contributed by atoms with Gasteiger partial charge in [0, 0.05) is 30.1 Å². The first kappa shape index (κ1) is 18.3. The fourth-order valence-electron chi connectivity index (χ4n) is 3.24. The Bertz CT molecular complexity index is 809. The van der Waals surface area contributed by atoms with Gasteiger partial charge in [0.25, 0.3) is 0 Å². The highest BCUT2D eigenvalue weighted by atomic mass is 35.5. The third-order valence-corrected chi connectivity index (χ3v) is 4.88. The molecule has 1 aliphatic heterocycles. The van der Waals surface area contributed by atoms with E-state index >= 15 is 0 Å². The van der Waals surface area contributed by atoms with Crippen molar-refractivity contribution < 1.29 is 14.3 Å². The van der Waals surface area contributed by atoms with Crippen molar-refractivity contribution in [2.24, 2.45) is 0 Å². The lowest BCUT2D eigenvalue weighted by atomic mass is 10.0. The standard InChI is InChI=1S/C20H21ClN2O3/c1-26-17-9-5-2-6-14(17)10-11-18(24)23-13-12-22-20(25)19(23)15-7-3-4-8-16(15)21/h2-9,19H,10-13H2,1H3,(H,22,25). The van der Waals surface area contributed by atoms with Gasteiger partial charge in [0.15, 0.2) is 0 Å². The lowest BCUT2D eigenvalue weighted by Gasteiger charge is -2.35. The van der Waals surface area contributed by atoms with Crippen molar-refractivity contribution in [2.45, 2.75) is 18.9 Å². The van der Waals surface area contributed by atoms with Gasteiger partial charge in [0.2, 0.25) is 11.8 Å². The Morgan fingerprint density at radius 1 is 1.23 bits per heavy atom. The van der Waals surface area contributed by atoms with E-state index in [2.05, 4.69) is 5.32 Å². The van der Waals surface area contributed by atoms with Crippen LogP contribution in [0.1, 0.15) is 23.6 Å². The summed E-state index contributed by atoms with van der Waals surface area (Å²) >= 11 is 6.27. The zero-order valence-electron chi connectivity index (χ0n) is 14.6. The highest BCUT2D eigenvalue weighted by Crippen LogP contribution is 2.30. The quantitative estimate of drug-likeness (QED) is 0.877. The van der Waals surface area contributed by atoms with Crippen LogP contribution < -0.4 is 10.1 Å². The maximum Gasteiger partial charge on any atom is 0.247 e. The monoisotopic (exact) mass is 372 g/mol. The van der Waals surface area contributed by atoms with Gasteiger partial charge in [-0.3, -0.25) is 9.59 Å². The van der Waals surface area contributed by atoms with Crippen LogP contribution in [0.4, 0.5) is 0 Å². The second kappa shape index (κ2) is 8.23. The minimum absolute atomic E-state index is 0.0734. The Labute approximate surface area is 157 Å². The molecular weight excluding hydrogens is 352 g/mol. The molecule has 1 unspecified atom stereocenters. The second-order valence-electron chi connectivity index (χ2n) is 6.11. The Morgan fingerprint density at radius 2 is 1.96 bits per heavy atom. The fourth-order valence-corrected chi connectivity index (χ4v) is 3.48. The molecule has 1 atom stereocenters. The molecule has 2 aromatic rings. The van der Waals surface area contributed by atoms with Crippen LogP contribution in [0, 0.1) is 0 Å². The molecule has 2 amide bonds. The molecule has 0 spiro atoms. The van der Waals surface area contributed by atoms with Crippen molar-refractivity contribution in [1.82, 2.24) is 10.2 Å². The maximum absolute atomic E-state index is 12.9. The number of amides is 2. The van der Waals surface area contributed by atoms with Crippen molar-refractivity contribution >= 4 is 23.4 Å². The first-order valence-corrected chi connectivity index (χ1v) is 8.93. The average molecular weight is 373 g/mol. The summed E-state index contributed by atoms with van der Waals surface area (Å²) in [6.45, 7) is 0.909. The van der Waals surface area contributed by atoms with Crippen LogP contribution in [0.2, 0.25) is 5.02 Å². The molecule has 1 fully saturated rings. The van der Waals surface area contributed by atoms with E-state index in [0.717, 1.165) is 11.3 Å². The second-order valence-corrected chi connectivity index (χ2v) is 6.52. The molecule has 26 heavy (non-hydrogen) atoms. The molecule has 136 valence electrons. The molecule has 1 N–H and O–H groups in total. The third kappa shape index (κ3) is 3.83. The molecule has 0 bridgehead atoms. The summed E-state index contributed by atoms with van der Waals surface area (Å²) in [4.78, 5) is 26.9. The minimum atomic E-state index is -0.692. The normalized spacial score (nSPS) is 16.9. The molecule has 1 saturated heterocycles. The van der Waals surface area contributed by atoms with Crippen LogP contribution in [0.3, 0.4) is 0 Å². The molecule has 0 radical (unpaired) electrons. The van der Waals surface area contributed by atoms with Crippen molar-refractivity contribution in [3.8, 4) is 5.75 Å². The van der Waals surface area contributed by atoms with Crippen LogP contribution in [0.15, 0.2) is 48.5 Å². The first-order valence-electron chi connectivity index (χ1n) is 8.55. The van der Waals surface area contributed by atoms with Crippen LogP contribution in [0.25, 0.3) is 0 Å². The van der Waals surface area contributed by atoms with Crippen LogP contribution in [-0.4, -0.2) is 36.9 Å². The van der Waals surface area contributed by atoms with Crippen molar-refractivity contribution in [1.29, 1.82) is 0 Å². The van der Waals surface area contributed by atoms with Crippen LogP contribution in [0.5, 0.6) is 5.75 Å². The minimum Gasteiger partial charge on any atom is -0.496 e. The largest absolute Gasteiger partial charge is 0.496 e. The van der Waals surface area contributed by atoms with E-state index in [1.165, 1.54) is 0 Å². The number of halogens is 1. The smallest absolute Gasteiger partial charge is 0.247 e. The first-order chi connectivity index (χ1) is 12.6. The maximum atomic E-state index is 12.9. The van der Waals surface area contributed by atoms with Gasteiger partial charge in [-0.25, -0.2) is 0 Å². The number of carbonyl (C=O) groups excluding carboxylic acids is 2. The van der Waals surface area contributed by atoms with Crippen molar-refractivity contribution in [3.05, 3.63) is 64.7 Å². The lowest BCUT2D eigenvalue weighted by Crippen LogP contribution is -2.52. The molecule has 6 heteroatoms. The number of para-hydroxylation sites is 1. The molecule has 2 aromatic carbocycles. The highest BCUT2D eigenvalue weighted by molar-refractivity contribution is 6.31. The third-order valence-electron chi connectivity index (χ3n) is 4.53. The Balaban J connectivity index is 1.78. The summed E-state index contributed by atoms with van der Waals surface area (Å²) < 4.78 is 5.34. The number of rotatable bonds is 5. The van der Waals surface area contributed by atoms with Gasteiger partial charge in [-0.1, -0.05) is 48.0 Å². The topological polar surface area (TPSA) is 58.6 Å². The average Bonchev–Trinajstić information content (AvgIpc) is 2.67. The Kier molecular flexibility index (Phi) is 5.78.